The minimum Gasteiger partial charge on any atom is -0.482 e. The number of ether oxygens (including phenoxy) is 3. The zero-order chi connectivity index (χ0) is 24.7. The first-order valence-corrected chi connectivity index (χ1v) is 12.0. The molecule has 6 heteroatoms. The highest BCUT2D eigenvalue weighted by Gasteiger charge is 2.33. The van der Waals surface area contributed by atoms with Crippen molar-refractivity contribution in [2.75, 3.05) is 24.7 Å². The van der Waals surface area contributed by atoms with Gasteiger partial charge in [-0.15, -0.1) is 0 Å². The van der Waals surface area contributed by atoms with Crippen LogP contribution in [-0.2, 0) is 27.1 Å². The number of fused-ring (bicyclic) bond motifs is 1. The number of carbonyl (C=O) groups is 2. The number of nitrogens with zero attached hydrogens (tertiary/aromatic N) is 1. The lowest BCUT2D eigenvalue weighted by atomic mass is 9.73. The molecule has 0 N–H and O–H groups in total. The molecule has 1 unspecified atom stereocenters. The summed E-state index contributed by atoms with van der Waals surface area (Å²) < 4.78 is 16.6. The molecule has 182 valence electrons. The summed E-state index contributed by atoms with van der Waals surface area (Å²) >= 11 is 0. The van der Waals surface area contributed by atoms with E-state index in [0.29, 0.717) is 19.0 Å². The van der Waals surface area contributed by atoms with E-state index >= 15 is 0 Å². The highest BCUT2D eigenvalue weighted by molar-refractivity contribution is 5.95. The number of hydrogen-bond acceptors (Lipinski definition) is 5. The van der Waals surface area contributed by atoms with E-state index in [1.807, 2.05) is 72.8 Å². The molecule has 3 aromatic carbocycles. The van der Waals surface area contributed by atoms with Gasteiger partial charge in [0.1, 0.15) is 5.75 Å². The fourth-order valence-electron chi connectivity index (χ4n) is 4.45. The molecule has 0 radical (unpaired) electrons. The molecule has 1 aliphatic rings. The van der Waals surface area contributed by atoms with Gasteiger partial charge < -0.3 is 14.2 Å². The van der Waals surface area contributed by atoms with Crippen LogP contribution in [0.1, 0.15) is 31.4 Å². The first-order valence-electron chi connectivity index (χ1n) is 12.0. The molecule has 0 heterocycles. The topological polar surface area (TPSA) is 65.1 Å². The summed E-state index contributed by atoms with van der Waals surface area (Å²) in [5.74, 6) is 0.341. The summed E-state index contributed by atoms with van der Waals surface area (Å²) in [5.41, 5.74) is 3.56. The van der Waals surface area contributed by atoms with E-state index in [1.54, 1.807) is 11.8 Å². The molecule has 0 aliphatic heterocycles. The number of rotatable bonds is 8. The summed E-state index contributed by atoms with van der Waals surface area (Å²) in [7, 11) is 0. The maximum absolute atomic E-state index is 13.3. The minimum atomic E-state index is -0.402. The Hall–Kier alpha value is -3.80. The van der Waals surface area contributed by atoms with Gasteiger partial charge >= 0.3 is 12.1 Å². The minimum absolute atomic E-state index is 0.103. The van der Waals surface area contributed by atoms with Crippen LogP contribution in [0.15, 0.2) is 78.9 Å². The number of esters is 1. The Balaban J connectivity index is 1.44. The van der Waals surface area contributed by atoms with Crippen molar-refractivity contribution in [1.82, 2.24) is 0 Å². The lowest BCUT2D eigenvalue weighted by molar-refractivity contribution is -0.145. The molecule has 1 amide bonds. The van der Waals surface area contributed by atoms with Crippen molar-refractivity contribution in [1.29, 1.82) is 0 Å². The molecule has 1 atom stereocenters. The maximum atomic E-state index is 13.3. The molecule has 1 aliphatic carbocycles. The van der Waals surface area contributed by atoms with Gasteiger partial charge in [0.15, 0.2) is 6.61 Å². The molecule has 0 bridgehead atoms. The largest absolute Gasteiger partial charge is 0.482 e. The molecule has 4 rings (SSSR count). The van der Waals surface area contributed by atoms with Crippen molar-refractivity contribution in [2.45, 2.75) is 33.1 Å². The van der Waals surface area contributed by atoms with Crippen molar-refractivity contribution < 1.29 is 23.8 Å². The van der Waals surface area contributed by atoms with Gasteiger partial charge in [0.05, 0.1) is 24.6 Å². The Kier molecular flexibility index (Phi) is 7.70. The Morgan fingerprint density at radius 2 is 1.54 bits per heavy atom. The number of amides is 1. The molecule has 0 aromatic heterocycles. The van der Waals surface area contributed by atoms with E-state index in [9.17, 15) is 9.59 Å². The zero-order valence-corrected chi connectivity index (χ0v) is 20.2. The van der Waals surface area contributed by atoms with E-state index in [2.05, 4.69) is 13.0 Å². The van der Waals surface area contributed by atoms with Crippen LogP contribution in [-0.4, -0.2) is 31.9 Å². The van der Waals surface area contributed by atoms with Gasteiger partial charge in [0.2, 0.25) is 0 Å². The molecule has 6 nitrogen and oxygen atoms in total. The standard InChI is InChI=1S/C29H31NO5/c1-3-33-27(31)20-34-26-16-10-11-22-19-29(2,18-17-25(22)26)21-35-28(32)30(23-12-6-4-7-13-23)24-14-8-5-9-15-24/h4-16H,3,17-21H2,1-2H3. The lowest BCUT2D eigenvalue weighted by Gasteiger charge is -2.35. The third kappa shape index (κ3) is 6.01. The molecular weight excluding hydrogens is 442 g/mol. The maximum Gasteiger partial charge on any atom is 0.418 e. The fraction of sp³-hybridized carbons (Fsp3) is 0.310. The second-order valence-electron chi connectivity index (χ2n) is 9.04. The number of para-hydroxylation sites is 2. The zero-order valence-electron chi connectivity index (χ0n) is 20.2. The van der Waals surface area contributed by atoms with Crippen molar-refractivity contribution >= 4 is 23.4 Å². The number of benzene rings is 3. The monoisotopic (exact) mass is 473 g/mol. The van der Waals surface area contributed by atoms with E-state index in [4.69, 9.17) is 14.2 Å². The number of hydrogen-bond donors (Lipinski definition) is 0. The molecular formula is C29H31NO5. The molecule has 0 spiro atoms. The summed E-state index contributed by atoms with van der Waals surface area (Å²) in [5, 5.41) is 0. The second-order valence-corrected chi connectivity index (χ2v) is 9.04. The van der Waals surface area contributed by atoms with Crippen LogP contribution < -0.4 is 9.64 Å². The van der Waals surface area contributed by atoms with E-state index in [-0.39, 0.29) is 18.0 Å². The summed E-state index contributed by atoms with van der Waals surface area (Å²) in [6, 6.07) is 24.9. The van der Waals surface area contributed by atoms with Crippen molar-refractivity contribution in [3.63, 3.8) is 0 Å². The predicted octanol–water partition coefficient (Wildman–Crippen LogP) is 6.10. The van der Waals surface area contributed by atoms with Gasteiger partial charge in [-0.2, -0.15) is 0 Å². The predicted molar refractivity (Wildman–Crippen MR) is 135 cm³/mol. The van der Waals surface area contributed by atoms with E-state index < -0.39 is 6.09 Å². The molecule has 0 fully saturated rings. The highest BCUT2D eigenvalue weighted by Crippen LogP contribution is 2.39. The molecule has 35 heavy (non-hydrogen) atoms. The van der Waals surface area contributed by atoms with Gasteiger partial charge in [-0.1, -0.05) is 55.5 Å². The summed E-state index contributed by atoms with van der Waals surface area (Å²) in [4.78, 5) is 26.6. The fourth-order valence-corrected chi connectivity index (χ4v) is 4.45. The van der Waals surface area contributed by atoms with Crippen LogP contribution in [0.5, 0.6) is 5.75 Å². The second kappa shape index (κ2) is 11.1. The van der Waals surface area contributed by atoms with Gasteiger partial charge in [0, 0.05) is 5.41 Å². The average molecular weight is 474 g/mol. The Labute approximate surface area is 206 Å². The van der Waals surface area contributed by atoms with Gasteiger partial charge in [0.25, 0.3) is 0 Å². The summed E-state index contributed by atoms with van der Waals surface area (Å²) in [6.45, 7) is 4.45. The third-order valence-corrected chi connectivity index (χ3v) is 6.23. The first-order chi connectivity index (χ1) is 17.0. The van der Waals surface area contributed by atoms with Crippen molar-refractivity contribution in [3.8, 4) is 5.75 Å². The van der Waals surface area contributed by atoms with Crippen LogP contribution in [0.25, 0.3) is 0 Å². The van der Waals surface area contributed by atoms with Crippen LogP contribution in [0.2, 0.25) is 0 Å². The lowest BCUT2D eigenvalue weighted by Crippen LogP contribution is -2.35. The summed E-state index contributed by atoms with van der Waals surface area (Å²) in [6.07, 6.45) is 1.97. The van der Waals surface area contributed by atoms with Crippen LogP contribution in [0.3, 0.4) is 0 Å². The Bertz CT molecular complexity index is 1110. The number of anilines is 2. The highest BCUT2D eigenvalue weighted by atomic mass is 16.6. The Morgan fingerprint density at radius 3 is 2.17 bits per heavy atom. The Morgan fingerprint density at radius 1 is 0.886 bits per heavy atom. The van der Waals surface area contributed by atoms with E-state index in [1.165, 1.54) is 0 Å². The smallest absolute Gasteiger partial charge is 0.418 e. The first kappa shape index (κ1) is 24.3. The van der Waals surface area contributed by atoms with Crippen LogP contribution in [0.4, 0.5) is 16.2 Å². The molecule has 3 aromatic rings. The number of carbonyl (C=O) groups excluding carboxylic acids is 2. The van der Waals surface area contributed by atoms with Crippen LogP contribution >= 0.6 is 0 Å². The van der Waals surface area contributed by atoms with Crippen molar-refractivity contribution in [2.24, 2.45) is 5.41 Å². The molecule has 0 saturated heterocycles. The third-order valence-electron chi connectivity index (χ3n) is 6.23. The van der Waals surface area contributed by atoms with E-state index in [0.717, 1.165) is 41.8 Å². The van der Waals surface area contributed by atoms with Gasteiger partial charge in [-0.3, -0.25) is 0 Å². The van der Waals surface area contributed by atoms with Gasteiger partial charge in [-0.25, -0.2) is 14.5 Å². The SMILES string of the molecule is CCOC(=O)COc1cccc2c1CCC(C)(COC(=O)N(c1ccccc1)c1ccccc1)C2. The van der Waals surface area contributed by atoms with Crippen molar-refractivity contribution in [3.05, 3.63) is 90.0 Å². The average Bonchev–Trinajstić information content (AvgIpc) is 2.88. The van der Waals surface area contributed by atoms with Crippen LogP contribution in [0, 0.1) is 5.41 Å². The quantitative estimate of drug-likeness (QED) is 0.370. The van der Waals surface area contributed by atoms with Gasteiger partial charge in [-0.05, 0) is 67.6 Å². The molecule has 0 saturated carbocycles. The normalized spacial score (nSPS) is 16.6.